The van der Waals surface area contributed by atoms with Gasteiger partial charge in [-0.1, -0.05) is 37.6 Å². The fraction of sp³-hybridized carbons (Fsp3) is 0.471. The van der Waals surface area contributed by atoms with E-state index in [-0.39, 0.29) is 0 Å². The molecule has 0 spiro atoms. The molecule has 0 amide bonds. The molecule has 100 valence electrons. The first-order chi connectivity index (χ1) is 9.33. The summed E-state index contributed by atoms with van der Waals surface area (Å²) in [6.07, 6.45) is 7.36. The summed E-state index contributed by atoms with van der Waals surface area (Å²) >= 11 is 0. The van der Waals surface area contributed by atoms with Gasteiger partial charge in [0.05, 0.1) is 5.52 Å². The maximum atomic E-state index is 4.51. The molecule has 2 heteroatoms. The van der Waals surface area contributed by atoms with E-state index in [0.29, 0.717) is 5.41 Å². The van der Waals surface area contributed by atoms with Crippen molar-refractivity contribution in [1.82, 2.24) is 10.3 Å². The van der Waals surface area contributed by atoms with Crippen LogP contribution in [0.15, 0.2) is 36.5 Å². The lowest BCUT2D eigenvalue weighted by Crippen LogP contribution is -2.23. The molecule has 1 aliphatic rings. The van der Waals surface area contributed by atoms with Crippen molar-refractivity contribution in [3.8, 4) is 0 Å². The van der Waals surface area contributed by atoms with Crippen LogP contribution < -0.4 is 5.32 Å². The van der Waals surface area contributed by atoms with E-state index in [1.807, 2.05) is 12.3 Å². The number of hydrogen-bond donors (Lipinski definition) is 1. The van der Waals surface area contributed by atoms with Crippen LogP contribution in [0.2, 0.25) is 0 Å². The van der Waals surface area contributed by atoms with Crippen LogP contribution in [0.4, 0.5) is 0 Å². The standard InChI is InChI=1S/C17H22N2/c1-2-8-17(9-10-17)13-18-12-15-6-3-5-14-7-4-11-19-16(14)15/h3-7,11,18H,2,8-10,12-13H2,1H3. The molecule has 0 saturated heterocycles. The predicted octanol–water partition coefficient (Wildman–Crippen LogP) is 3.90. The Bertz CT molecular complexity index is 553. The van der Waals surface area contributed by atoms with Crippen LogP contribution in [0.25, 0.3) is 10.9 Å². The SMILES string of the molecule is CCCC1(CNCc2cccc3cccnc23)CC1. The summed E-state index contributed by atoms with van der Waals surface area (Å²) in [7, 11) is 0. The van der Waals surface area contributed by atoms with E-state index in [4.69, 9.17) is 0 Å². The van der Waals surface area contributed by atoms with Gasteiger partial charge in [-0.3, -0.25) is 4.98 Å². The Balaban J connectivity index is 1.66. The molecule has 1 aromatic heterocycles. The third-order valence-corrected chi connectivity index (χ3v) is 4.27. The Hall–Kier alpha value is -1.41. The van der Waals surface area contributed by atoms with Gasteiger partial charge in [-0.2, -0.15) is 0 Å². The van der Waals surface area contributed by atoms with E-state index < -0.39 is 0 Å². The van der Waals surface area contributed by atoms with Gasteiger partial charge in [0.1, 0.15) is 0 Å². The first-order valence-corrected chi connectivity index (χ1v) is 7.36. The average Bonchev–Trinajstić information content (AvgIpc) is 3.19. The topological polar surface area (TPSA) is 24.9 Å². The molecule has 1 saturated carbocycles. The maximum Gasteiger partial charge on any atom is 0.0746 e. The van der Waals surface area contributed by atoms with Crippen LogP contribution in [0.3, 0.4) is 0 Å². The monoisotopic (exact) mass is 254 g/mol. The maximum absolute atomic E-state index is 4.51. The van der Waals surface area contributed by atoms with E-state index in [9.17, 15) is 0 Å². The molecule has 1 fully saturated rings. The van der Waals surface area contributed by atoms with Gasteiger partial charge >= 0.3 is 0 Å². The molecule has 1 aromatic carbocycles. The second-order valence-electron chi connectivity index (χ2n) is 5.85. The summed E-state index contributed by atoms with van der Waals surface area (Å²) in [5.41, 5.74) is 3.07. The number of nitrogens with one attached hydrogen (secondary N) is 1. The highest BCUT2D eigenvalue weighted by atomic mass is 14.9. The van der Waals surface area contributed by atoms with Crippen LogP contribution >= 0.6 is 0 Å². The smallest absolute Gasteiger partial charge is 0.0746 e. The molecule has 0 aliphatic heterocycles. The van der Waals surface area contributed by atoms with Crippen molar-refractivity contribution in [2.24, 2.45) is 5.41 Å². The first kappa shape index (κ1) is 12.6. The zero-order valence-corrected chi connectivity index (χ0v) is 11.7. The van der Waals surface area contributed by atoms with E-state index in [2.05, 4.69) is 41.5 Å². The van der Waals surface area contributed by atoms with Crippen LogP contribution in [0, 0.1) is 5.41 Å². The number of rotatable bonds is 6. The molecule has 0 unspecified atom stereocenters. The molecule has 2 nitrogen and oxygen atoms in total. The van der Waals surface area contributed by atoms with Crippen molar-refractivity contribution in [2.45, 2.75) is 39.2 Å². The van der Waals surface area contributed by atoms with E-state index in [0.717, 1.165) is 18.6 Å². The molecular weight excluding hydrogens is 232 g/mol. The molecule has 19 heavy (non-hydrogen) atoms. The Morgan fingerprint density at radius 3 is 2.84 bits per heavy atom. The summed E-state index contributed by atoms with van der Waals surface area (Å²) in [4.78, 5) is 4.51. The van der Waals surface area contributed by atoms with Crippen molar-refractivity contribution in [1.29, 1.82) is 0 Å². The summed E-state index contributed by atoms with van der Waals surface area (Å²) < 4.78 is 0. The third-order valence-electron chi connectivity index (χ3n) is 4.27. The average molecular weight is 254 g/mol. The number of fused-ring (bicyclic) bond motifs is 1. The van der Waals surface area contributed by atoms with Gasteiger partial charge < -0.3 is 5.32 Å². The lowest BCUT2D eigenvalue weighted by Gasteiger charge is -2.15. The second-order valence-corrected chi connectivity index (χ2v) is 5.85. The van der Waals surface area contributed by atoms with Crippen molar-refractivity contribution in [3.05, 3.63) is 42.1 Å². The quantitative estimate of drug-likeness (QED) is 0.845. The third kappa shape index (κ3) is 2.79. The summed E-state index contributed by atoms with van der Waals surface area (Å²) in [6, 6.07) is 10.6. The molecule has 0 atom stereocenters. The summed E-state index contributed by atoms with van der Waals surface area (Å²) in [5, 5.41) is 4.87. The second kappa shape index (κ2) is 5.30. The molecule has 1 N–H and O–H groups in total. The van der Waals surface area contributed by atoms with Gasteiger partial charge in [0.2, 0.25) is 0 Å². The lowest BCUT2D eigenvalue weighted by molar-refractivity contribution is 0.421. The normalized spacial score (nSPS) is 16.7. The van der Waals surface area contributed by atoms with E-state index in [1.165, 1.54) is 36.6 Å². The van der Waals surface area contributed by atoms with Gasteiger partial charge in [-0.25, -0.2) is 0 Å². The molecule has 0 radical (unpaired) electrons. The van der Waals surface area contributed by atoms with Crippen molar-refractivity contribution >= 4 is 10.9 Å². The van der Waals surface area contributed by atoms with Crippen molar-refractivity contribution in [2.75, 3.05) is 6.54 Å². The largest absolute Gasteiger partial charge is 0.312 e. The minimum atomic E-state index is 0.618. The minimum absolute atomic E-state index is 0.618. The number of benzene rings is 1. The number of nitrogens with zero attached hydrogens (tertiary/aromatic N) is 1. The molecular formula is C17H22N2. The molecule has 2 aromatic rings. The van der Waals surface area contributed by atoms with Crippen LogP contribution in [0.5, 0.6) is 0 Å². The number of hydrogen-bond acceptors (Lipinski definition) is 2. The fourth-order valence-electron chi connectivity index (χ4n) is 2.99. The highest BCUT2D eigenvalue weighted by Crippen LogP contribution is 2.48. The highest BCUT2D eigenvalue weighted by Gasteiger charge is 2.40. The molecule has 1 heterocycles. The zero-order valence-electron chi connectivity index (χ0n) is 11.7. The molecule has 0 bridgehead atoms. The molecule has 3 rings (SSSR count). The van der Waals surface area contributed by atoms with Crippen molar-refractivity contribution < 1.29 is 0 Å². The number of aromatic nitrogens is 1. The minimum Gasteiger partial charge on any atom is -0.312 e. The van der Waals surface area contributed by atoms with Crippen LogP contribution in [-0.4, -0.2) is 11.5 Å². The Morgan fingerprint density at radius 2 is 2.05 bits per heavy atom. The summed E-state index contributed by atoms with van der Waals surface area (Å²) in [5.74, 6) is 0. The number of pyridine rings is 1. The van der Waals surface area contributed by atoms with Gasteiger partial charge in [0, 0.05) is 24.7 Å². The van der Waals surface area contributed by atoms with Gasteiger partial charge in [-0.15, -0.1) is 0 Å². The zero-order chi connectivity index (χ0) is 13.1. The Labute approximate surface area is 115 Å². The van der Waals surface area contributed by atoms with Crippen LogP contribution in [-0.2, 0) is 6.54 Å². The van der Waals surface area contributed by atoms with Crippen LogP contribution in [0.1, 0.15) is 38.2 Å². The first-order valence-electron chi connectivity index (χ1n) is 7.36. The fourth-order valence-corrected chi connectivity index (χ4v) is 2.99. The molecule has 1 aliphatic carbocycles. The van der Waals surface area contributed by atoms with E-state index >= 15 is 0 Å². The lowest BCUT2D eigenvalue weighted by atomic mass is 10.0. The van der Waals surface area contributed by atoms with Gasteiger partial charge in [-0.05, 0) is 36.3 Å². The van der Waals surface area contributed by atoms with E-state index in [1.54, 1.807) is 0 Å². The Morgan fingerprint density at radius 1 is 1.21 bits per heavy atom. The Kier molecular flexibility index (Phi) is 3.52. The van der Waals surface area contributed by atoms with Crippen molar-refractivity contribution in [3.63, 3.8) is 0 Å². The number of para-hydroxylation sites is 1. The highest BCUT2D eigenvalue weighted by molar-refractivity contribution is 5.81. The summed E-state index contributed by atoms with van der Waals surface area (Å²) in [6.45, 7) is 4.37. The van der Waals surface area contributed by atoms with Gasteiger partial charge in [0.15, 0.2) is 0 Å². The predicted molar refractivity (Wildman–Crippen MR) is 80.0 cm³/mol. The van der Waals surface area contributed by atoms with Gasteiger partial charge in [0.25, 0.3) is 0 Å².